The molecule has 0 aromatic rings. The lowest BCUT2D eigenvalue weighted by atomic mass is 10.6. The van der Waals surface area contributed by atoms with Crippen LogP contribution >= 0.6 is 17.0 Å². The minimum atomic E-state index is -1.92. The molecule has 0 bridgehead atoms. The van der Waals surface area contributed by atoms with Gasteiger partial charge in [-0.2, -0.15) is 0 Å². The van der Waals surface area contributed by atoms with E-state index in [1.807, 2.05) is 0 Å². The second-order valence-electron chi connectivity index (χ2n) is 2.35. The third kappa shape index (κ3) is 5.14. The Morgan fingerprint density at radius 2 is 2.25 bits per heavy atom. The number of aliphatic imine (C=N–C) groups is 1. The summed E-state index contributed by atoms with van der Waals surface area (Å²) in [6, 6.07) is 0. The van der Waals surface area contributed by atoms with Crippen molar-refractivity contribution < 1.29 is 4.52 Å². The van der Waals surface area contributed by atoms with Gasteiger partial charge in [-0.1, -0.05) is 25.2 Å². The summed E-state index contributed by atoms with van der Waals surface area (Å²) in [6.45, 7) is 4.19. The highest BCUT2D eigenvalue weighted by Crippen LogP contribution is 2.56. The summed E-state index contributed by atoms with van der Waals surface area (Å²) in [6.07, 6.45) is 1.60. The number of rotatable bonds is 5. The molecule has 1 unspecified atom stereocenters. The quantitative estimate of drug-likeness (QED) is 0.443. The lowest BCUT2D eigenvalue weighted by Gasteiger charge is -2.20. The molecule has 0 radical (unpaired) electrons. The normalized spacial score (nSPS) is 16.8. The van der Waals surface area contributed by atoms with Gasteiger partial charge in [0.2, 0.25) is 5.62 Å². The van der Waals surface area contributed by atoms with E-state index >= 15 is 0 Å². The molecule has 0 rings (SSSR count). The van der Waals surface area contributed by atoms with E-state index in [0.717, 1.165) is 0 Å². The Labute approximate surface area is 83.3 Å². The van der Waals surface area contributed by atoms with Crippen molar-refractivity contribution in [1.82, 2.24) is 5.09 Å². The predicted molar refractivity (Wildman–Crippen MR) is 61.6 cm³/mol. The maximum absolute atomic E-state index is 5.29. The Hall–Kier alpha value is 0.430. The highest BCUT2D eigenvalue weighted by Gasteiger charge is 2.16. The minimum Gasteiger partial charge on any atom is -0.330 e. The molecule has 1 atom stereocenters. The fourth-order valence-corrected chi connectivity index (χ4v) is 5.53. The van der Waals surface area contributed by atoms with Crippen molar-refractivity contribution in [2.24, 2.45) is 4.99 Å². The van der Waals surface area contributed by atoms with E-state index in [1.54, 1.807) is 31.9 Å². The van der Waals surface area contributed by atoms with Crippen LogP contribution in [0.1, 0.15) is 13.8 Å². The smallest absolute Gasteiger partial charge is 0.211 e. The minimum absolute atomic E-state index is 0.466. The molecule has 0 spiro atoms. The first-order valence-corrected chi connectivity index (χ1v) is 7.77. The highest BCUT2D eigenvalue weighted by molar-refractivity contribution is 8.69. The molecule has 1 N–H and O–H groups in total. The Bertz CT molecular complexity index is 196. The monoisotopic (exact) mass is 226 g/mol. The Balaban J connectivity index is 4.15. The molecule has 0 aromatic heterocycles. The maximum atomic E-state index is 5.29. The fraction of sp³-hybridized carbons (Fsp3) is 0.833. The Kier molecular flexibility index (Phi) is 6.19. The molecule has 0 aliphatic rings. The molecule has 0 fully saturated rings. The number of hydrogen-bond donors (Lipinski definition) is 1. The van der Waals surface area contributed by atoms with Gasteiger partial charge in [-0.25, -0.2) is 0 Å². The molecule has 0 heterocycles. The highest BCUT2D eigenvalue weighted by atomic mass is 32.9. The average Bonchev–Trinajstić information content (AvgIpc) is 2.00. The van der Waals surface area contributed by atoms with Gasteiger partial charge >= 0.3 is 0 Å². The van der Waals surface area contributed by atoms with E-state index in [4.69, 9.17) is 16.3 Å². The molecule has 0 aromatic carbocycles. The van der Waals surface area contributed by atoms with E-state index in [9.17, 15) is 0 Å². The summed E-state index contributed by atoms with van der Waals surface area (Å²) < 4.78 is 5.24. The fourth-order valence-electron chi connectivity index (χ4n) is 0.532. The standard InChI is InChI=1S/C6H15N2OPS2/c1-6(2)12-10(11,9-4)8-5-7-3/h5-6H,1-4H3,(H,7,8,11). The summed E-state index contributed by atoms with van der Waals surface area (Å²) in [5, 5.41) is 3.47. The van der Waals surface area contributed by atoms with Crippen LogP contribution in [0.15, 0.2) is 4.99 Å². The molecule has 6 heteroatoms. The van der Waals surface area contributed by atoms with Crippen molar-refractivity contribution in [3.05, 3.63) is 0 Å². The van der Waals surface area contributed by atoms with Gasteiger partial charge in [-0.05, 0) is 11.8 Å². The molecule has 3 nitrogen and oxygen atoms in total. The van der Waals surface area contributed by atoms with Gasteiger partial charge in [0.05, 0.1) is 6.34 Å². The topological polar surface area (TPSA) is 33.6 Å². The number of nitrogens with one attached hydrogen (secondary N) is 1. The summed E-state index contributed by atoms with van der Waals surface area (Å²) >= 11 is 6.94. The van der Waals surface area contributed by atoms with Crippen LogP contribution in [0.5, 0.6) is 0 Å². The van der Waals surface area contributed by atoms with Crippen LogP contribution in [0.25, 0.3) is 0 Å². The zero-order chi connectivity index (χ0) is 9.61. The van der Waals surface area contributed by atoms with Gasteiger partial charge in [0.1, 0.15) is 0 Å². The van der Waals surface area contributed by atoms with Gasteiger partial charge in [-0.3, -0.25) is 4.99 Å². The molecule has 0 saturated carbocycles. The SMILES string of the molecule is CN=CNP(=S)(OC)SC(C)C. The maximum Gasteiger partial charge on any atom is 0.211 e. The van der Waals surface area contributed by atoms with E-state index in [2.05, 4.69) is 23.9 Å². The molecule has 0 amide bonds. The van der Waals surface area contributed by atoms with Gasteiger partial charge in [-0.15, -0.1) is 0 Å². The first-order valence-electron chi connectivity index (χ1n) is 3.56. The van der Waals surface area contributed by atoms with Crippen LogP contribution in [-0.4, -0.2) is 25.7 Å². The van der Waals surface area contributed by atoms with Crippen molar-refractivity contribution in [2.75, 3.05) is 14.2 Å². The molecule has 72 valence electrons. The summed E-state index contributed by atoms with van der Waals surface area (Å²) in [5.41, 5.74) is -1.92. The van der Waals surface area contributed by atoms with Crippen LogP contribution in [0.2, 0.25) is 0 Å². The van der Waals surface area contributed by atoms with Gasteiger partial charge in [0.15, 0.2) is 0 Å². The predicted octanol–water partition coefficient (Wildman–Crippen LogP) is 2.25. The van der Waals surface area contributed by atoms with Gasteiger partial charge in [0.25, 0.3) is 0 Å². The van der Waals surface area contributed by atoms with Gasteiger partial charge in [0, 0.05) is 19.4 Å². The molecular weight excluding hydrogens is 211 g/mol. The van der Waals surface area contributed by atoms with Crippen LogP contribution in [0, 0.1) is 0 Å². The van der Waals surface area contributed by atoms with Crippen molar-refractivity contribution in [2.45, 2.75) is 19.1 Å². The number of nitrogens with zero attached hydrogens (tertiary/aromatic N) is 1. The van der Waals surface area contributed by atoms with Crippen LogP contribution in [0.4, 0.5) is 0 Å². The van der Waals surface area contributed by atoms with E-state index in [0.29, 0.717) is 5.25 Å². The molecule has 0 aliphatic carbocycles. The van der Waals surface area contributed by atoms with Gasteiger partial charge < -0.3 is 9.61 Å². The Morgan fingerprint density at radius 3 is 2.58 bits per heavy atom. The Morgan fingerprint density at radius 1 is 1.67 bits per heavy atom. The molecule has 0 aliphatic heterocycles. The largest absolute Gasteiger partial charge is 0.330 e. The first kappa shape index (κ1) is 12.4. The third-order valence-corrected chi connectivity index (χ3v) is 6.95. The summed E-state index contributed by atoms with van der Waals surface area (Å²) in [4.78, 5) is 3.81. The molecular formula is C6H15N2OPS2. The van der Waals surface area contributed by atoms with Crippen LogP contribution < -0.4 is 5.09 Å². The third-order valence-electron chi connectivity index (χ3n) is 0.935. The molecule has 0 saturated heterocycles. The zero-order valence-corrected chi connectivity index (χ0v) is 10.3. The van der Waals surface area contributed by atoms with Crippen LogP contribution in [0.3, 0.4) is 0 Å². The van der Waals surface area contributed by atoms with E-state index in [1.165, 1.54) is 0 Å². The average molecular weight is 226 g/mol. The summed E-state index contributed by atoms with van der Waals surface area (Å²) in [5.74, 6) is 0. The van der Waals surface area contributed by atoms with Crippen molar-refractivity contribution in [3.8, 4) is 0 Å². The van der Waals surface area contributed by atoms with E-state index < -0.39 is 5.62 Å². The van der Waals surface area contributed by atoms with Crippen molar-refractivity contribution >= 4 is 35.1 Å². The molecule has 12 heavy (non-hydrogen) atoms. The first-order chi connectivity index (χ1) is 5.54. The van der Waals surface area contributed by atoms with Crippen molar-refractivity contribution in [1.29, 1.82) is 0 Å². The van der Waals surface area contributed by atoms with E-state index in [-0.39, 0.29) is 0 Å². The lowest BCUT2D eigenvalue weighted by molar-refractivity contribution is 0.467. The number of hydrogen-bond acceptors (Lipinski definition) is 4. The second kappa shape index (κ2) is 5.97. The van der Waals surface area contributed by atoms with Crippen molar-refractivity contribution in [3.63, 3.8) is 0 Å². The lowest BCUT2D eigenvalue weighted by Crippen LogP contribution is -2.07. The summed E-state index contributed by atoms with van der Waals surface area (Å²) in [7, 11) is 3.33. The zero-order valence-electron chi connectivity index (χ0n) is 7.77. The van der Waals surface area contributed by atoms with Crippen LogP contribution in [-0.2, 0) is 16.3 Å². The second-order valence-corrected chi connectivity index (χ2v) is 9.53.